The van der Waals surface area contributed by atoms with Crippen LogP contribution in [0.5, 0.6) is 0 Å². The molecule has 2 aliphatic carbocycles. The summed E-state index contributed by atoms with van der Waals surface area (Å²) in [6, 6.07) is 49.0. The van der Waals surface area contributed by atoms with Crippen molar-refractivity contribution in [3.63, 3.8) is 0 Å². The van der Waals surface area contributed by atoms with Crippen molar-refractivity contribution in [2.24, 2.45) is 0 Å². The van der Waals surface area contributed by atoms with Crippen LogP contribution in [0.4, 0.5) is 0 Å². The molecule has 1 heterocycles. The predicted molar refractivity (Wildman–Crippen MR) is 193 cm³/mol. The van der Waals surface area contributed by atoms with Gasteiger partial charge < -0.3 is 0 Å². The van der Waals surface area contributed by atoms with Gasteiger partial charge in [-0.25, -0.2) is 15.0 Å². The van der Waals surface area contributed by atoms with Gasteiger partial charge in [-0.3, -0.25) is 0 Å². The molecule has 4 heteroatoms. The van der Waals surface area contributed by atoms with Gasteiger partial charge >= 0.3 is 0 Å². The highest BCUT2D eigenvalue weighted by Gasteiger charge is 2.43. The molecule has 1 fully saturated rings. The summed E-state index contributed by atoms with van der Waals surface area (Å²) in [7, 11) is 0. The van der Waals surface area contributed by atoms with Gasteiger partial charge in [0.1, 0.15) is 0 Å². The normalized spacial score (nSPS) is 14.4. The van der Waals surface area contributed by atoms with E-state index in [1.54, 1.807) is 0 Å². The van der Waals surface area contributed by atoms with Crippen LogP contribution in [0.25, 0.3) is 67.2 Å². The van der Waals surface area contributed by atoms with Gasteiger partial charge in [-0.1, -0.05) is 128 Å². The van der Waals surface area contributed by atoms with Crippen molar-refractivity contribution >= 4 is 10.8 Å². The molecule has 1 aromatic heterocycles. The van der Waals surface area contributed by atoms with E-state index in [0.29, 0.717) is 17.5 Å². The first-order valence-corrected chi connectivity index (χ1v) is 16.8. The molecule has 0 aliphatic heterocycles. The van der Waals surface area contributed by atoms with Gasteiger partial charge in [0.2, 0.25) is 0 Å². The van der Waals surface area contributed by atoms with Gasteiger partial charge in [-0.15, -0.1) is 0 Å². The molecule has 0 N–H and O–H groups in total. The van der Waals surface area contributed by atoms with Crippen molar-refractivity contribution in [1.29, 1.82) is 5.26 Å². The molecule has 4 nitrogen and oxygen atoms in total. The van der Waals surface area contributed by atoms with Gasteiger partial charge in [0.25, 0.3) is 0 Å². The van der Waals surface area contributed by atoms with E-state index in [9.17, 15) is 5.26 Å². The number of hydrogen-bond acceptors (Lipinski definition) is 4. The summed E-state index contributed by atoms with van der Waals surface area (Å²) in [5.74, 6) is 1.96. The molecule has 2 aliphatic rings. The van der Waals surface area contributed by atoms with Crippen molar-refractivity contribution in [3.8, 4) is 62.5 Å². The average Bonchev–Trinajstić information content (AvgIpc) is 3.42. The van der Waals surface area contributed by atoms with Crippen LogP contribution in [-0.2, 0) is 5.41 Å². The van der Waals surface area contributed by atoms with Crippen LogP contribution in [-0.4, -0.2) is 15.0 Å². The summed E-state index contributed by atoms with van der Waals surface area (Å²) in [5.41, 5.74) is 11.3. The minimum Gasteiger partial charge on any atom is -0.208 e. The summed E-state index contributed by atoms with van der Waals surface area (Å²) in [6.45, 7) is 0. The van der Waals surface area contributed by atoms with Crippen LogP contribution in [0.3, 0.4) is 0 Å². The molecule has 7 aromatic rings. The Morgan fingerprint density at radius 1 is 0.458 bits per heavy atom. The zero-order chi connectivity index (χ0) is 32.1. The first kappa shape index (κ1) is 28.3. The van der Waals surface area contributed by atoms with E-state index < -0.39 is 0 Å². The molecule has 9 rings (SSSR count). The first-order chi connectivity index (χ1) is 23.7. The fourth-order valence-corrected chi connectivity index (χ4v) is 7.94. The van der Waals surface area contributed by atoms with Crippen molar-refractivity contribution in [1.82, 2.24) is 15.0 Å². The summed E-state index contributed by atoms with van der Waals surface area (Å²) < 4.78 is 0. The topological polar surface area (TPSA) is 62.5 Å². The van der Waals surface area contributed by atoms with Crippen LogP contribution in [0, 0.1) is 11.3 Å². The Kier molecular flexibility index (Phi) is 6.73. The van der Waals surface area contributed by atoms with E-state index >= 15 is 0 Å². The molecule has 0 radical (unpaired) electrons. The highest BCUT2D eigenvalue weighted by Crippen LogP contribution is 2.56. The Morgan fingerprint density at radius 3 is 1.83 bits per heavy atom. The van der Waals surface area contributed by atoms with E-state index in [-0.39, 0.29) is 5.41 Å². The van der Waals surface area contributed by atoms with Gasteiger partial charge in [0, 0.05) is 22.1 Å². The van der Waals surface area contributed by atoms with E-state index in [0.717, 1.165) is 46.0 Å². The minimum absolute atomic E-state index is 0.0325. The number of hydrogen-bond donors (Lipinski definition) is 0. The maximum atomic E-state index is 9.64. The molecule has 0 amide bonds. The summed E-state index contributed by atoms with van der Waals surface area (Å²) in [6.07, 6.45) is 6.06. The molecule has 0 saturated heterocycles. The standard InChI is InChI=1S/C44H32N4/c45-28-29-13-22-39-38(25-29)37-21-20-35(27-40(37)44(39)23-7-2-8-24-44)31-14-17-33(18-15-31)42-46-41(32-10-3-1-4-11-32)47-43(48-42)36-19-16-30-9-5-6-12-34(30)26-36/h1,3-6,9-22,25-27H,2,7-8,23-24H2. The average molecular weight is 617 g/mol. The number of benzene rings is 6. The Morgan fingerprint density at radius 2 is 1.08 bits per heavy atom. The third-order valence-electron chi connectivity index (χ3n) is 10.3. The summed E-state index contributed by atoms with van der Waals surface area (Å²) in [5, 5.41) is 12.0. The van der Waals surface area contributed by atoms with Gasteiger partial charge in [0.15, 0.2) is 17.5 Å². The lowest BCUT2D eigenvalue weighted by Crippen LogP contribution is -2.28. The fraction of sp³-hybridized carbons (Fsp3) is 0.136. The van der Waals surface area contributed by atoms with Crippen molar-refractivity contribution in [3.05, 3.63) is 150 Å². The molecule has 228 valence electrons. The van der Waals surface area contributed by atoms with Crippen LogP contribution < -0.4 is 0 Å². The minimum atomic E-state index is 0.0325. The molecule has 0 bridgehead atoms. The second kappa shape index (κ2) is 11.4. The molecular weight excluding hydrogens is 585 g/mol. The van der Waals surface area contributed by atoms with Crippen molar-refractivity contribution in [2.45, 2.75) is 37.5 Å². The number of nitriles is 1. The highest BCUT2D eigenvalue weighted by atomic mass is 15.0. The number of aromatic nitrogens is 3. The number of fused-ring (bicyclic) bond motifs is 6. The van der Waals surface area contributed by atoms with Crippen LogP contribution in [0.2, 0.25) is 0 Å². The van der Waals surface area contributed by atoms with E-state index in [1.165, 1.54) is 52.5 Å². The Labute approximate surface area is 280 Å². The maximum Gasteiger partial charge on any atom is 0.164 e. The SMILES string of the molecule is N#Cc1ccc2c(c1)-c1ccc(-c3ccc(-c4nc(-c5ccccc5)nc(-c5ccc6ccccc6c5)n4)cc3)cc1C21CCCCC1. The van der Waals surface area contributed by atoms with E-state index in [1.807, 2.05) is 36.4 Å². The second-order valence-corrected chi connectivity index (χ2v) is 13.1. The van der Waals surface area contributed by atoms with E-state index in [2.05, 4.69) is 103 Å². The van der Waals surface area contributed by atoms with Gasteiger partial charge in [-0.2, -0.15) is 5.26 Å². The molecule has 48 heavy (non-hydrogen) atoms. The van der Waals surface area contributed by atoms with Crippen molar-refractivity contribution < 1.29 is 0 Å². The van der Waals surface area contributed by atoms with Gasteiger partial charge in [-0.05, 0) is 81.3 Å². The molecule has 0 atom stereocenters. The largest absolute Gasteiger partial charge is 0.208 e. The lowest BCUT2D eigenvalue weighted by Gasteiger charge is -2.36. The molecule has 1 saturated carbocycles. The number of nitrogens with zero attached hydrogens (tertiary/aromatic N) is 4. The Balaban J connectivity index is 1.11. The molecular formula is C44H32N4. The van der Waals surface area contributed by atoms with Gasteiger partial charge in [0.05, 0.1) is 11.6 Å². The summed E-state index contributed by atoms with van der Waals surface area (Å²) in [4.78, 5) is 14.9. The smallest absolute Gasteiger partial charge is 0.164 e. The third kappa shape index (κ3) is 4.70. The Bertz CT molecular complexity index is 2380. The molecule has 0 unspecified atom stereocenters. The second-order valence-electron chi connectivity index (χ2n) is 13.1. The number of rotatable bonds is 4. The van der Waals surface area contributed by atoms with Crippen LogP contribution >= 0.6 is 0 Å². The zero-order valence-electron chi connectivity index (χ0n) is 26.5. The molecule has 1 spiro atoms. The van der Waals surface area contributed by atoms with Crippen molar-refractivity contribution in [2.75, 3.05) is 0 Å². The predicted octanol–water partition coefficient (Wildman–Crippen LogP) is 10.8. The lowest BCUT2D eigenvalue weighted by atomic mass is 9.67. The lowest BCUT2D eigenvalue weighted by molar-refractivity contribution is 0.353. The van der Waals surface area contributed by atoms with Crippen LogP contribution in [0.1, 0.15) is 48.8 Å². The highest BCUT2D eigenvalue weighted by molar-refractivity contribution is 5.87. The first-order valence-electron chi connectivity index (χ1n) is 16.8. The van der Waals surface area contributed by atoms with E-state index in [4.69, 9.17) is 15.0 Å². The molecule has 6 aromatic carbocycles. The monoisotopic (exact) mass is 616 g/mol. The maximum absolute atomic E-state index is 9.64. The fourth-order valence-electron chi connectivity index (χ4n) is 7.94. The summed E-state index contributed by atoms with van der Waals surface area (Å²) >= 11 is 0. The third-order valence-corrected chi connectivity index (χ3v) is 10.3. The Hall–Kier alpha value is -5.92. The van der Waals surface area contributed by atoms with Crippen LogP contribution in [0.15, 0.2) is 133 Å². The quantitative estimate of drug-likeness (QED) is 0.197. The zero-order valence-corrected chi connectivity index (χ0v) is 26.5.